The first-order valence-corrected chi connectivity index (χ1v) is 10.0. The number of non-ortho nitro benzene ring substituents is 1. The third-order valence-electron chi connectivity index (χ3n) is 4.55. The number of amides is 1. The van der Waals surface area contributed by atoms with Crippen molar-refractivity contribution in [1.82, 2.24) is 9.21 Å². The van der Waals surface area contributed by atoms with Crippen LogP contribution in [-0.2, 0) is 10.0 Å². The van der Waals surface area contributed by atoms with E-state index in [-0.39, 0.29) is 17.6 Å². The van der Waals surface area contributed by atoms with Gasteiger partial charge in [0.25, 0.3) is 11.6 Å². The summed E-state index contributed by atoms with van der Waals surface area (Å²) in [4.78, 5) is 24.7. The lowest BCUT2D eigenvalue weighted by molar-refractivity contribution is -0.384. The highest BCUT2D eigenvalue weighted by atomic mass is 32.2. The fraction of sp³-hybridized carbons (Fsp3) is 0.562. The van der Waals surface area contributed by atoms with Crippen molar-refractivity contribution < 1.29 is 18.1 Å². The van der Waals surface area contributed by atoms with Gasteiger partial charge < -0.3 is 4.90 Å². The number of benzene rings is 1. The van der Waals surface area contributed by atoms with E-state index in [4.69, 9.17) is 0 Å². The van der Waals surface area contributed by atoms with E-state index in [0.29, 0.717) is 43.6 Å². The summed E-state index contributed by atoms with van der Waals surface area (Å²) < 4.78 is 25.1. The maximum atomic E-state index is 12.7. The van der Waals surface area contributed by atoms with Crippen LogP contribution in [0.1, 0.15) is 35.7 Å². The number of nitro groups is 1. The molecule has 1 aromatic carbocycles. The van der Waals surface area contributed by atoms with Gasteiger partial charge in [-0.05, 0) is 31.4 Å². The van der Waals surface area contributed by atoms with E-state index in [1.807, 2.05) is 0 Å². The number of carbonyl (C=O) groups excluding carboxylic acids is 1. The van der Waals surface area contributed by atoms with Crippen molar-refractivity contribution in [2.45, 2.75) is 32.7 Å². The molecule has 0 bridgehead atoms. The lowest BCUT2D eigenvalue weighted by Gasteiger charge is -2.37. The van der Waals surface area contributed by atoms with Crippen molar-refractivity contribution in [3.63, 3.8) is 0 Å². The third kappa shape index (κ3) is 4.35. The third-order valence-corrected chi connectivity index (χ3v) is 5.96. The molecule has 1 aliphatic rings. The Morgan fingerprint density at radius 1 is 1.36 bits per heavy atom. The zero-order valence-corrected chi connectivity index (χ0v) is 15.5. The molecular weight excluding hydrogens is 346 g/mol. The van der Waals surface area contributed by atoms with Crippen LogP contribution in [-0.4, -0.2) is 60.4 Å². The maximum Gasteiger partial charge on any atom is 0.269 e. The standard InChI is InChI=1S/C16H23N3O5S/c1-4-18(25(3,23)24)13-7-9-17(10-8-13)16(20)15-6-5-14(19(21)22)11-12(15)2/h5-6,11,13H,4,7-10H2,1-3H3. The van der Waals surface area contributed by atoms with Crippen LogP contribution in [0.15, 0.2) is 18.2 Å². The van der Waals surface area contributed by atoms with E-state index in [9.17, 15) is 23.3 Å². The summed E-state index contributed by atoms with van der Waals surface area (Å²) in [7, 11) is -3.26. The summed E-state index contributed by atoms with van der Waals surface area (Å²) in [6.07, 6.45) is 2.37. The summed E-state index contributed by atoms with van der Waals surface area (Å²) in [5, 5.41) is 10.8. The maximum absolute atomic E-state index is 12.7. The van der Waals surface area contributed by atoms with Gasteiger partial charge in [-0.1, -0.05) is 6.92 Å². The molecule has 8 nitrogen and oxygen atoms in total. The molecule has 25 heavy (non-hydrogen) atoms. The predicted octanol–water partition coefficient (Wildman–Crippen LogP) is 1.79. The van der Waals surface area contributed by atoms with Crippen LogP contribution in [0.3, 0.4) is 0 Å². The van der Waals surface area contributed by atoms with Crippen molar-refractivity contribution in [2.75, 3.05) is 25.9 Å². The molecular formula is C16H23N3O5S. The monoisotopic (exact) mass is 369 g/mol. The van der Waals surface area contributed by atoms with E-state index in [1.165, 1.54) is 28.8 Å². The molecule has 0 aromatic heterocycles. The molecule has 0 unspecified atom stereocenters. The highest BCUT2D eigenvalue weighted by molar-refractivity contribution is 7.88. The summed E-state index contributed by atoms with van der Waals surface area (Å²) in [5.41, 5.74) is 0.964. The Hall–Kier alpha value is -2.00. The van der Waals surface area contributed by atoms with Crippen molar-refractivity contribution >= 4 is 21.6 Å². The number of rotatable bonds is 5. The molecule has 0 aliphatic carbocycles. The second-order valence-corrected chi connectivity index (χ2v) is 8.18. The molecule has 1 saturated heterocycles. The van der Waals surface area contributed by atoms with Gasteiger partial charge in [-0.3, -0.25) is 14.9 Å². The Balaban J connectivity index is 2.08. The Kier molecular flexibility index (Phi) is 5.79. The number of hydrogen-bond donors (Lipinski definition) is 0. The molecule has 1 fully saturated rings. The molecule has 1 aliphatic heterocycles. The lowest BCUT2D eigenvalue weighted by Crippen LogP contribution is -2.48. The van der Waals surface area contributed by atoms with Gasteiger partial charge in [0.1, 0.15) is 0 Å². The van der Waals surface area contributed by atoms with Crippen LogP contribution in [0.4, 0.5) is 5.69 Å². The largest absolute Gasteiger partial charge is 0.339 e. The highest BCUT2D eigenvalue weighted by Gasteiger charge is 2.31. The average Bonchev–Trinajstić information content (AvgIpc) is 2.54. The van der Waals surface area contributed by atoms with Crippen LogP contribution in [0.25, 0.3) is 0 Å². The number of nitro benzene ring substituents is 1. The van der Waals surface area contributed by atoms with E-state index in [0.717, 1.165) is 0 Å². The number of carbonyl (C=O) groups is 1. The number of piperidine rings is 1. The summed E-state index contributed by atoms with van der Waals surface area (Å²) in [6, 6.07) is 4.11. The van der Waals surface area contributed by atoms with Crippen molar-refractivity contribution in [1.29, 1.82) is 0 Å². The summed E-state index contributed by atoms with van der Waals surface area (Å²) in [5.74, 6) is -0.173. The van der Waals surface area contributed by atoms with Gasteiger partial charge in [-0.15, -0.1) is 0 Å². The predicted molar refractivity (Wildman–Crippen MR) is 94.0 cm³/mol. The minimum Gasteiger partial charge on any atom is -0.339 e. The summed E-state index contributed by atoms with van der Waals surface area (Å²) >= 11 is 0. The lowest BCUT2D eigenvalue weighted by atomic mass is 10.0. The van der Waals surface area contributed by atoms with Crippen LogP contribution in [0, 0.1) is 17.0 Å². The van der Waals surface area contributed by atoms with Gasteiger partial charge in [0.2, 0.25) is 10.0 Å². The number of hydrogen-bond acceptors (Lipinski definition) is 5. The normalized spacial score (nSPS) is 16.2. The summed E-state index contributed by atoms with van der Waals surface area (Å²) in [6.45, 7) is 4.82. The topological polar surface area (TPSA) is 101 Å². The smallest absolute Gasteiger partial charge is 0.269 e. The molecule has 1 aromatic rings. The van der Waals surface area contributed by atoms with Gasteiger partial charge in [0.05, 0.1) is 11.2 Å². The van der Waals surface area contributed by atoms with Gasteiger partial charge in [-0.25, -0.2) is 8.42 Å². The average molecular weight is 369 g/mol. The number of sulfonamides is 1. The molecule has 9 heteroatoms. The van der Waals surface area contributed by atoms with Crippen molar-refractivity contribution in [3.8, 4) is 0 Å². The number of nitrogens with zero attached hydrogens (tertiary/aromatic N) is 3. The Morgan fingerprint density at radius 2 is 1.96 bits per heavy atom. The Bertz CT molecular complexity index is 770. The molecule has 0 spiro atoms. The second-order valence-electron chi connectivity index (χ2n) is 6.25. The Morgan fingerprint density at radius 3 is 2.40 bits per heavy atom. The van der Waals surface area contributed by atoms with E-state index in [2.05, 4.69) is 0 Å². The molecule has 1 heterocycles. The zero-order chi connectivity index (χ0) is 18.8. The van der Waals surface area contributed by atoms with Crippen molar-refractivity contribution in [3.05, 3.63) is 39.4 Å². The van der Waals surface area contributed by atoms with Crippen molar-refractivity contribution in [2.24, 2.45) is 0 Å². The molecule has 0 saturated carbocycles. The molecule has 2 rings (SSSR count). The second kappa shape index (κ2) is 7.49. The van der Waals surface area contributed by atoms with E-state index < -0.39 is 14.9 Å². The van der Waals surface area contributed by atoms with Gasteiger partial charge in [-0.2, -0.15) is 4.31 Å². The minimum atomic E-state index is -3.26. The minimum absolute atomic E-state index is 0.0421. The molecule has 0 N–H and O–H groups in total. The van der Waals surface area contributed by atoms with Crippen LogP contribution in [0.5, 0.6) is 0 Å². The molecule has 0 radical (unpaired) electrons. The molecule has 1 amide bonds. The van der Waals surface area contributed by atoms with Gasteiger partial charge >= 0.3 is 0 Å². The van der Waals surface area contributed by atoms with Gasteiger partial charge in [0.15, 0.2) is 0 Å². The number of aryl methyl sites for hydroxylation is 1. The van der Waals surface area contributed by atoms with Crippen LogP contribution in [0.2, 0.25) is 0 Å². The van der Waals surface area contributed by atoms with Crippen LogP contribution >= 0.6 is 0 Å². The quantitative estimate of drug-likeness (QED) is 0.582. The van der Waals surface area contributed by atoms with Crippen LogP contribution < -0.4 is 0 Å². The zero-order valence-electron chi connectivity index (χ0n) is 14.6. The first-order valence-electron chi connectivity index (χ1n) is 8.16. The highest BCUT2D eigenvalue weighted by Crippen LogP contribution is 2.23. The molecule has 138 valence electrons. The SMILES string of the molecule is CCN(C1CCN(C(=O)c2ccc([N+](=O)[O-])cc2C)CC1)S(C)(=O)=O. The van der Waals surface area contributed by atoms with E-state index >= 15 is 0 Å². The first kappa shape index (κ1) is 19.3. The fourth-order valence-corrected chi connectivity index (χ4v) is 4.51. The van der Waals surface area contributed by atoms with Gasteiger partial charge in [0, 0.05) is 43.4 Å². The first-order chi connectivity index (χ1) is 11.6. The fourth-order valence-electron chi connectivity index (χ4n) is 3.29. The van der Waals surface area contributed by atoms with E-state index in [1.54, 1.807) is 18.7 Å². The number of likely N-dealkylation sites (tertiary alicyclic amines) is 1. The molecule has 0 atom stereocenters. The Labute approximate surface area is 147 Å².